The molecule has 0 saturated heterocycles. The molecule has 3 N–H and O–H groups in total. The van der Waals surface area contributed by atoms with Gasteiger partial charge in [-0.2, -0.15) is 5.10 Å². The summed E-state index contributed by atoms with van der Waals surface area (Å²) in [6.45, 7) is 2.29. The highest BCUT2D eigenvalue weighted by Crippen LogP contribution is 1.94. The van der Waals surface area contributed by atoms with E-state index in [1.165, 1.54) is 6.20 Å². The minimum absolute atomic E-state index is 0.0963. The third kappa shape index (κ3) is 4.51. The second-order valence-electron chi connectivity index (χ2n) is 4.13. The van der Waals surface area contributed by atoms with Crippen molar-refractivity contribution in [2.45, 2.75) is 13.0 Å². The lowest BCUT2D eigenvalue weighted by Crippen LogP contribution is -2.27. The zero-order chi connectivity index (χ0) is 13.3. The first-order valence-electron chi connectivity index (χ1n) is 6.23. The first-order chi connectivity index (χ1) is 9.36. The summed E-state index contributed by atoms with van der Waals surface area (Å²) in [7, 11) is 0. The van der Waals surface area contributed by atoms with E-state index < -0.39 is 0 Å². The summed E-state index contributed by atoms with van der Waals surface area (Å²) in [5.41, 5.74) is 1.72. The second kappa shape index (κ2) is 7.27. The average Bonchev–Trinajstić information content (AvgIpc) is 2.98. The molecule has 0 spiro atoms. The lowest BCUT2D eigenvalue weighted by Gasteiger charge is -2.05. The number of carbonyl (C=O) groups is 1. The SMILES string of the molecule is O=C(NCCCNCc1cccnc1)c1cn[nH]c1. The summed E-state index contributed by atoms with van der Waals surface area (Å²) in [6, 6.07) is 3.95. The molecule has 2 aromatic rings. The number of H-pyrrole nitrogens is 1. The van der Waals surface area contributed by atoms with Gasteiger partial charge in [0, 0.05) is 31.7 Å². The maximum atomic E-state index is 11.6. The Kier molecular flexibility index (Phi) is 5.06. The Labute approximate surface area is 111 Å². The molecule has 0 bridgehead atoms. The van der Waals surface area contributed by atoms with Gasteiger partial charge in [0.1, 0.15) is 0 Å². The van der Waals surface area contributed by atoms with Crippen molar-refractivity contribution in [2.75, 3.05) is 13.1 Å². The van der Waals surface area contributed by atoms with Gasteiger partial charge in [0.05, 0.1) is 11.8 Å². The van der Waals surface area contributed by atoms with Crippen LogP contribution in [0.1, 0.15) is 22.3 Å². The topological polar surface area (TPSA) is 82.7 Å². The standard InChI is InChI=1S/C13H17N5O/c19-13(12-9-17-18-10-12)16-6-2-5-15-8-11-3-1-4-14-7-11/h1,3-4,7,9-10,15H,2,5-6,8H2,(H,16,19)(H,17,18). The first-order valence-corrected chi connectivity index (χ1v) is 6.23. The van der Waals surface area contributed by atoms with Crippen molar-refractivity contribution in [2.24, 2.45) is 0 Å². The first kappa shape index (κ1) is 13.2. The van der Waals surface area contributed by atoms with Crippen LogP contribution in [0.25, 0.3) is 0 Å². The van der Waals surface area contributed by atoms with E-state index in [9.17, 15) is 4.79 Å². The predicted molar refractivity (Wildman–Crippen MR) is 71.5 cm³/mol. The molecular weight excluding hydrogens is 242 g/mol. The molecule has 0 aromatic carbocycles. The molecular formula is C13H17N5O. The number of nitrogens with one attached hydrogen (secondary N) is 3. The molecule has 6 nitrogen and oxygen atoms in total. The molecule has 100 valence electrons. The van der Waals surface area contributed by atoms with Crippen LogP contribution < -0.4 is 10.6 Å². The summed E-state index contributed by atoms with van der Waals surface area (Å²) in [6.07, 6.45) is 7.57. The highest BCUT2D eigenvalue weighted by atomic mass is 16.1. The summed E-state index contributed by atoms with van der Waals surface area (Å²) in [5.74, 6) is -0.0963. The maximum Gasteiger partial charge on any atom is 0.254 e. The Bertz CT molecular complexity index is 483. The van der Waals surface area contributed by atoms with Crippen molar-refractivity contribution in [3.05, 3.63) is 48.0 Å². The minimum atomic E-state index is -0.0963. The number of hydrogen-bond donors (Lipinski definition) is 3. The molecule has 0 radical (unpaired) electrons. The summed E-state index contributed by atoms with van der Waals surface area (Å²) in [4.78, 5) is 15.6. The van der Waals surface area contributed by atoms with E-state index in [1.807, 2.05) is 18.3 Å². The van der Waals surface area contributed by atoms with Gasteiger partial charge < -0.3 is 10.6 Å². The van der Waals surface area contributed by atoms with Gasteiger partial charge in [-0.3, -0.25) is 14.9 Å². The van der Waals surface area contributed by atoms with Crippen LogP contribution in [0.15, 0.2) is 36.9 Å². The van der Waals surface area contributed by atoms with E-state index in [4.69, 9.17) is 0 Å². The molecule has 0 aliphatic rings. The van der Waals surface area contributed by atoms with Crippen molar-refractivity contribution < 1.29 is 4.79 Å². The molecule has 2 rings (SSSR count). The van der Waals surface area contributed by atoms with Crippen LogP contribution in [-0.4, -0.2) is 34.2 Å². The van der Waals surface area contributed by atoms with Crippen molar-refractivity contribution >= 4 is 5.91 Å². The molecule has 0 aliphatic heterocycles. The molecule has 0 saturated carbocycles. The van der Waals surface area contributed by atoms with Crippen LogP contribution in [-0.2, 0) is 6.54 Å². The van der Waals surface area contributed by atoms with Crippen LogP contribution in [0, 0.1) is 0 Å². The Balaban J connectivity index is 1.54. The van der Waals surface area contributed by atoms with Gasteiger partial charge in [-0.1, -0.05) is 6.07 Å². The third-order valence-corrected chi connectivity index (χ3v) is 2.63. The van der Waals surface area contributed by atoms with Crippen molar-refractivity contribution in [1.82, 2.24) is 25.8 Å². The third-order valence-electron chi connectivity index (χ3n) is 2.63. The summed E-state index contributed by atoms with van der Waals surface area (Å²) >= 11 is 0. The zero-order valence-corrected chi connectivity index (χ0v) is 10.6. The van der Waals surface area contributed by atoms with Crippen LogP contribution in [0.5, 0.6) is 0 Å². The molecule has 6 heteroatoms. The number of aromatic nitrogens is 3. The summed E-state index contributed by atoms with van der Waals surface area (Å²) < 4.78 is 0. The van der Waals surface area contributed by atoms with E-state index in [2.05, 4.69) is 25.8 Å². The van der Waals surface area contributed by atoms with Gasteiger partial charge in [0.15, 0.2) is 0 Å². The zero-order valence-electron chi connectivity index (χ0n) is 10.6. The molecule has 0 unspecified atom stereocenters. The van der Waals surface area contributed by atoms with E-state index in [1.54, 1.807) is 12.4 Å². The number of pyridine rings is 1. The molecule has 0 fully saturated rings. The second-order valence-corrected chi connectivity index (χ2v) is 4.13. The van der Waals surface area contributed by atoms with Gasteiger partial charge in [0.2, 0.25) is 0 Å². The highest BCUT2D eigenvalue weighted by Gasteiger charge is 2.04. The van der Waals surface area contributed by atoms with Crippen LogP contribution in [0.2, 0.25) is 0 Å². The van der Waals surface area contributed by atoms with Crippen molar-refractivity contribution in [1.29, 1.82) is 0 Å². The van der Waals surface area contributed by atoms with Gasteiger partial charge in [-0.05, 0) is 24.6 Å². The Morgan fingerprint density at radius 3 is 3.00 bits per heavy atom. The minimum Gasteiger partial charge on any atom is -0.352 e. The van der Waals surface area contributed by atoms with Crippen molar-refractivity contribution in [3.63, 3.8) is 0 Å². The van der Waals surface area contributed by atoms with Gasteiger partial charge in [-0.15, -0.1) is 0 Å². The predicted octanol–water partition coefficient (Wildman–Crippen LogP) is 0.714. The number of nitrogens with zero attached hydrogens (tertiary/aromatic N) is 2. The van der Waals surface area contributed by atoms with Crippen LogP contribution in [0.4, 0.5) is 0 Å². The van der Waals surface area contributed by atoms with Gasteiger partial charge in [0.25, 0.3) is 5.91 Å². The molecule has 1 amide bonds. The smallest absolute Gasteiger partial charge is 0.254 e. The Hall–Kier alpha value is -2.21. The van der Waals surface area contributed by atoms with Gasteiger partial charge >= 0.3 is 0 Å². The van der Waals surface area contributed by atoms with E-state index in [-0.39, 0.29) is 5.91 Å². The van der Waals surface area contributed by atoms with Crippen LogP contribution >= 0.6 is 0 Å². The van der Waals surface area contributed by atoms with Gasteiger partial charge in [-0.25, -0.2) is 0 Å². The fourth-order valence-electron chi connectivity index (χ4n) is 1.63. The molecule has 2 aromatic heterocycles. The normalized spacial score (nSPS) is 10.3. The number of amides is 1. The van der Waals surface area contributed by atoms with Crippen molar-refractivity contribution in [3.8, 4) is 0 Å². The van der Waals surface area contributed by atoms with E-state index in [0.29, 0.717) is 12.1 Å². The lowest BCUT2D eigenvalue weighted by atomic mass is 10.3. The number of rotatable bonds is 7. The Morgan fingerprint density at radius 2 is 2.26 bits per heavy atom. The largest absolute Gasteiger partial charge is 0.352 e. The quantitative estimate of drug-likeness (QED) is 0.640. The van der Waals surface area contributed by atoms with E-state index >= 15 is 0 Å². The van der Waals surface area contributed by atoms with Crippen LogP contribution in [0.3, 0.4) is 0 Å². The highest BCUT2D eigenvalue weighted by molar-refractivity contribution is 5.93. The number of aromatic amines is 1. The fourth-order valence-corrected chi connectivity index (χ4v) is 1.63. The number of carbonyl (C=O) groups excluding carboxylic acids is 1. The van der Waals surface area contributed by atoms with E-state index in [0.717, 1.165) is 25.1 Å². The molecule has 0 aliphatic carbocycles. The molecule has 2 heterocycles. The molecule has 19 heavy (non-hydrogen) atoms. The maximum absolute atomic E-state index is 11.6. The fraction of sp³-hybridized carbons (Fsp3) is 0.308. The number of hydrogen-bond acceptors (Lipinski definition) is 4. The monoisotopic (exact) mass is 259 g/mol. The molecule has 0 atom stereocenters. The average molecular weight is 259 g/mol. The lowest BCUT2D eigenvalue weighted by molar-refractivity contribution is 0.0953. The Morgan fingerprint density at radius 1 is 1.32 bits per heavy atom. The summed E-state index contributed by atoms with van der Waals surface area (Å²) in [5, 5.41) is 12.5.